The molecule has 1 aromatic heterocycles. The third-order valence-electron chi connectivity index (χ3n) is 3.43. The smallest absolute Gasteiger partial charge is 0.252 e. The van der Waals surface area contributed by atoms with E-state index in [2.05, 4.69) is 10.3 Å². The molecule has 1 aliphatic heterocycles. The fraction of sp³-hybridized carbons (Fsp3) is 0.500. The van der Waals surface area contributed by atoms with E-state index in [0.29, 0.717) is 12.1 Å². The Morgan fingerprint density at radius 1 is 1.42 bits per heavy atom. The maximum Gasteiger partial charge on any atom is 0.252 e. The predicted octanol–water partition coefficient (Wildman–Crippen LogP) is 1.41. The van der Waals surface area contributed by atoms with Gasteiger partial charge >= 0.3 is 0 Å². The summed E-state index contributed by atoms with van der Waals surface area (Å²) in [7, 11) is 0. The van der Waals surface area contributed by atoms with Crippen LogP contribution in [-0.2, 0) is 9.59 Å². The van der Waals surface area contributed by atoms with Gasteiger partial charge in [-0.2, -0.15) is 0 Å². The summed E-state index contributed by atoms with van der Waals surface area (Å²) in [6.07, 6.45) is 2.25. The van der Waals surface area contributed by atoms with Gasteiger partial charge < -0.3 is 5.32 Å². The van der Waals surface area contributed by atoms with Gasteiger partial charge in [0.05, 0.1) is 11.4 Å². The molecule has 1 atom stereocenters. The van der Waals surface area contributed by atoms with Crippen molar-refractivity contribution in [2.75, 3.05) is 4.90 Å². The number of hydrogen-bond donors (Lipinski definition) is 1. The van der Waals surface area contributed by atoms with Crippen molar-refractivity contribution in [1.82, 2.24) is 10.3 Å². The van der Waals surface area contributed by atoms with E-state index >= 15 is 0 Å². The highest BCUT2D eigenvalue weighted by atomic mass is 16.2. The second-order valence-electron chi connectivity index (χ2n) is 5.32. The number of pyridine rings is 1. The molecule has 5 nitrogen and oxygen atoms in total. The number of amides is 2. The van der Waals surface area contributed by atoms with Gasteiger partial charge in [0, 0.05) is 6.20 Å². The molecule has 0 spiro atoms. The number of nitrogens with one attached hydrogen (secondary N) is 1. The molecule has 1 saturated heterocycles. The summed E-state index contributed by atoms with van der Waals surface area (Å²) in [4.78, 5) is 30.5. The van der Waals surface area contributed by atoms with Gasteiger partial charge in [-0.1, -0.05) is 6.92 Å². The maximum atomic E-state index is 12.6. The third kappa shape index (κ3) is 2.20. The zero-order valence-corrected chi connectivity index (χ0v) is 11.7. The van der Waals surface area contributed by atoms with E-state index in [4.69, 9.17) is 0 Å². The van der Waals surface area contributed by atoms with Crippen LogP contribution < -0.4 is 10.2 Å². The van der Waals surface area contributed by atoms with Crippen LogP contribution in [0.1, 0.15) is 32.9 Å². The highest BCUT2D eigenvalue weighted by Crippen LogP contribution is 2.28. The molecule has 0 bridgehead atoms. The largest absolute Gasteiger partial charge is 0.340 e. The molecule has 1 aromatic rings. The highest BCUT2D eigenvalue weighted by molar-refractivity contribution is 6.10. The minimum Gasteiger partial charge on any atom is -0.340 e. The monoisotopic (exact) mass is 261 g/mol. The second-order valence-corrected chi connectivity index (χ2v) is 5.32. The molecule has 1 fully saturated rings. The molecule has 19 heavy (non-hydrogen) atoms. The van der Waals surface area contributed by atoms with Crippen LogP contribution in [0.15, 0.2) is 18.3 Å². The Hall–Kier alpha value is -1.91. The van der Waals surface area contributed by atoms with Crippen molar-refractivity contribution in [3.05, 3.63) is 24.0 Å². The number of anilines is 1. The lowest BCUT2D eigenvalue weighted by Crippen LogP contribution is -2.68. The fourth-order valence-electron chi connectivity index (χ4n) is 2.38. The molecule has 0 radical (unpaired) electrons. The van der Waals surface area contributed by atoms with Crippen molar-refractivity contribution in [2.24, 2.45) is 0 Å². The SMILES string of the molecule is CCC1C(=O)NC(C)(C)C(=O)N1c1cccnc1C. The normalized spacial score (nSPS) is 22.3. The van der Waals surface area contributed by atoms with E-state index in [-0.39, 0.29) is 11.8 Å². The first-order chi connectivity index (χ1) is 8.88. The van der Waals surface area contributed by atoms with Gasteiger partial charge in [0.1, 0.15) is 11.6 Å². The molecule has 1 N–H and O–H groups in total. The van der Waals surface area contributed by atoms with Gasteiger partial charge in [0.25, 0.3) is 5.91 Å². The van der Waals surface area contributed by atoms with Crippen molar-refractivity contribution in [2.45, 2.75) is 45.7 Å². The molecular weight excluding hydrogens is 242 g/mol. The van der Waals surface area contributed by atoms with Gasteiger partial charge in [0.2, 0.25) is 5.91 Å². The number of nitrogens with zero attached hydrogens (tertiary/aromatic N) is 2. The Morgan fingerprint density at radius 3 is 2.68 bits per heavy atom. The average molecular weight is 261 g/mol. The quantitative estimate of drug-likeness (QED) is 0.875. The van der Waals surface area contributed by atoms with Crippen molar-refractivity contribution in [1.29, 1.82) is 0 Å². The van der Waals surface area contributed by atoms with Crippen LogP contribution in [0.3, 0.4) is 0 Å². The van der Waals surface area contributed by atoms with Crippen LogP contribution >= 0.6 is 0 Å². The Kier molecular flexibility index (Phi) is 3.30. The lowest BCUT2D eigenvalue weighted by molar-refractivity contribution is -0.137. The summed E-state index contributed by atoms with van der Waals surface area (Å²) in [5, 5.41) is 2.78. The van der Waals surface area contributed by atoms with E-state index in [1.807, 2.05) is 19.9 Å². The summed E-state index contributed by atoms with van der Waals surface area (Å²) in [6, 6.07) is 3.14. The number of rotatable bonds is 2. The molecule has 102 valence electrons. The van der Waals surface area contributed by atoms with Gasteiger partial charge in [0.15, 0.2) is 0 Å². The summed E-state index contributed by atoms with van der Waals surface area (Å²) in [5.41, 5.74) is 0.576. The zero-order valence-electron chi connectivity index (χ0n) is 11.7. The summed E-state index contributed by atoms with van der Waals surface area (Å²) >= 11 is 0. The van der Waals surface area contributed by atoms with E-state index in [1.165, 1.54) is 0 Å². The minimum absolute atomic E-state index is 0.102. The molecule has 1 unspecified atom stereocenters. The first kappa shape index (κ1) is 13.5. The third-order valence-corrected chi connectivity index (χ3v) is 3.43. The van der Waals surface area contributed by atoms with Crippen LogP contribution in [0.4, 0.5) is 5.69 Å². The van der Waals surface area contributed by atoms with E-state index in [9.17, 15) is 9.59 Å². The summed E-state index contributed by atoms with van der Waals surface area (Å²) in [5.74, 6) is -0.217. The standard InChI is InChI=1S/C14H19N3O2/c1-5-10-12(18)16-14(3,4)13(19)17(10)11-7-6-8-15-9(11)2/h6-8,10H,5H2,1-4H3,(H,16,18). The van der Waals surface area contributed by atoms with E-state index < -0.39 is 11.6 Å². The molecular formula is C14H19N3O2. The zero-order chi connectivity index (χ0) is 14.2. The van der Waals surface area contributed by atoms with Crippen LogP contribution in [0, 0.1) is 6.92 Å². The molecule has 2 amide bonds. The van der Waals surface area contributed by atoms with Crippen LogP contribution in [-0.4, -0.2) is 28.4 Å². The fourth-order valence-corrected chi connectivity index (χ4v) is 2.38. The first-order valence-electron chi connectivity index (χ1n) is 6.45. The molecule has 1 aliphatic rings. The Bertz CT molecular complexity index is 525. The summed E-state index contributed by atoms with van der Waals surface area (Å²) in [6.45, 7) is 7.18. The molecule has 0 aromatic carbocycles. The Balaban J connectivity index is 2.53. The maximum absolute atomic E-state index is 12.6. The van der Waals surface area contributed by atoms with Gasteiger partial charge in [-0.3, -0.25) is 19.5 Å². The van der Waals surface area contributed by atoms with Crippen molar-refractivity contribution in [3.8, 4) is 0 Å². The Morgan fingerprint density at radius 2 is 2.11 bits per heavy atom. The number of aryl methyl sites for hydroxylation is 1. The molecule has 5 heteroatoms. The minimum atomic E-state index is -0.884. The molecule has 0 aliphatic carbocycles. The molecule has 2 heterocycles. The van der Waals surface area contributed by atoms with Crippen molar-refractivity contribution in [3.63, 3.8) is 0 Å². The van der Waals surface area contributed by atoms with Crippen molar-refractivity contribution >= 4 is 17.5 Å². The second kappa shape index (κ2) is 4.64. The van der Waals surface area contributed by atoms with Gasteiger partial charge in [-0.15, -0.1) is 0 Å². The van der Waals surface area contributed by atoms with E-state index in [1.54, 1.807) is 31.0 Å². The average Bonchev–Trinajstić information content (AvgIpc) is 2.34. The molecule has 2 rings (SSSR count). The highest BCUT2D eigenvalue weighted by Gasteiger charge is 2.45. The predicted molar refractivity (Wildman–Crippen MR) is 72.8 cm³/mol. The van der Waals surface area contributed by atoms with Crippen molar-refractivity contribution < 1.29 is 9.59 Å². The number of aromatic nitrogens is 1. The number of piperazine rings is 1. The lowest BCUT2D eigenvalue weighted by atomic mass is 9.95. The van der Waals surface area contributed by atoms with Gasteiger partial charge in [-0.25, -0.2) is 0 Å². The van der Waals surface area contributed by atoms with Gasteiger partial charge in [-0.05, 0) is 39.3 Å². The lowest BCUT2D eigenvalue weighted by Gasteiger charge is -2.42. The molecule has 0 saturated carbocycles. The number of carbonyl (C=O) groups excluding carboxylic acids is 2. The number of carbonyl (C=O) groups is 2. The number of hydrogen-bond acceptors (Lipinski definition) is 3. The van der Waals surface area contributed by atoms with E-state index in [0.717, 1.165) is 5.69 Å². The van der Waals surface area contributed by atoms with Crippen LogP contribution in [0.25, 0.3) is 0 Å². The van der Waals surface area contributed by atoms with Crippen LogP contribution in [0.5, 0.6) is 0 Å². The topological polar surface area (TPSA) is 62.3 Å². The Labute approximate surface area is 113 Å². The summed E-state index contributed by atoms with van der Waals surface area (Å²) < 4.78 is 0. The first-order valence-corrected chi connectivity index (χ1v) is 6.45. The van der Waals surface area contributed by atoms with Crippen LogP contribution in [0.2, 0.25) is 0 Å².